The Morgan fingerprint density at radius 3 is 1.24 bits per heavy atom. The molecule has 12 heteroatoms. The number of nitrogens with two attached hydrogens (primary N) is 1. The molecule has 0 rings (SSSR count). The smallest absolute Gasteiger partial charge is 0.472 e. The van der Waals surface area contributed by atoms with Crippen molar-refractivity contribution in [2.45, 2.75) is 251 Å². The summed E-state index contributed by atoms with van der Waals surface area (Å²) in [6.07, 6.45) is 44.1. The van der Waals surface area contributed by atoms with Gasteiger partial charge in [0.25, 0.3) is 0 Å². The molecule has 0 fully saturated rings. The van der Waals surface area contributed by atoms with E-state index in [0.29, 0.717) is 12.8 Å². The topological polar surface area (TPSA) is 172 Å². The van der Waals surface area contributed by atoms with Gasteiger partial charge in [-0.3, -0.25) is 23.4 Å². The number of hydrogen-bond acceptors (Lipinski definition) is 9. The number of ether oxygens (including phenoxy) is 2. The summed E-state index contributed by atoms with van der Waals surface area (Å²) < 4.78 is 32.8. The van der Waals surface area contributed by atoms with E-state index >= 15 is 0 Å². The summed E-state index contributed by atoms with van der Waals surface area (Å²) in [5.74, 6) is -2.36. The fourth-order valence-electron chi connectivity index (χ4n) is 6.94. The molecule has 0 spiro atoms. The molecule has 0 heterocycles. The Labute approximate surface area is 360 Å². The molecular formula is C47H90NO10P. The number of carbonyl (C=O) groups is 3. The summed E-state index contributed by atoms with van der Waals surface area (Å²) in [4.78, 5) is 46.1. The predicted octanol–water partition coefficient (Wildman–Crippen LogP) is 13.2. The summed E-state index contributed by atoms with van der Waals surface area (Å²) in [7, 11) is -4.71. The zero-order valence-corrected chi connectivity index (χ0v) is 38.8. The number of hydrogen-bond donors (Lipinski definition) is 3. The van der Waals surface area contributed by atoms with Crippen molar-refractivity contribution < 1.29 is 47.5 Å². The second-order valence-electron chi connectivity index (χ2n) is 16.6. The van der Waals surface area contributed by atoms with Gasteiger partial charge in [0.1, 0.15) is 12.6 Å². The van der Waals surface area contributed by atoms with Crippen LogP contribution in [0.5, 0.6) is 0 Å². The van der Waals surface area contributed by atoms with Crippen LogP contribution in [0, 0.1) is 0 Å². The first-order valence-electron chi connectivity index (χ1n) is 24.2. The number of phosphoric acid groups is 1. The maximum atomic E-state index is 12.7. The average molecular weight is 860 g/mol. The zero-order valence-electron chi connectivity index (χ0n) is 37.9. The summed E-state index contributed by atoms with van der Waals surface area (Å²) in [6.45, 7) is 2.84. The van der Waals surface area contributed by atoms with Gasteiger partial charge in [-0.05, 0) is 38.5 Å². The predicted molar refractivity (Wildman–Crippen MR) is 240 cm³/mol. The maximum absolute atomic E-state index is 12.7. The van der Waals surface area contributed by atoms with Gasteiger partial charge in [0.15, 0.2) is 6.10 Å². The van der Waals surface area contributed by atoms with Crippen molar-refractivity contribution in [2.75, 3.05) is 19.8 Å². The van der Waals surface area contributed by atoms with Crippen LogP contribution in [0.15, 0.2) is 12.2 Å². The minimum absolute atomic E-state index is 0.164. The number of carboxylic acid groups (broad SMARTS) is 1. The molecule has 0 aromatic rings. The lowest BCUT2D eigenvalue weighted by molar-refractivity contribution is -0.161. The lowest BCUT2D eigenvalue weighted by Crippen LogP contribution is -2.34. The van der Waals surface area contributed by atoms with Gasteiger partial charge in [0.05, 0.1) is 13.2 Å². The Bertz CT molecular complexity index is 1060. The number of unbranched alkanes of at least 4 members (excludes halogenated alkanes) is 30. The average Bonchev–Trinajstić information content (AvgIpc) is 3.21. The molecule has 3 unspecified atom stereocenters. The maximum Gasteiger partial charge on any atom is 0.472 e. The van der Waals surface area contributed by atoms with Gasteiger partial charge in [0.2, 0.25) is 0 Å². The van der Waals surface area contributed by atoms with Crippen LogP contribution in [0.25, 0.3) is 0 Å². The summed E-state index contributed by atoms with van der Waals surface area (Å²) >= 11 is 0. The molecule has 0 saturated heterocycles. The van der Waals surface area contributed by atoms with E-state index in [0.717, 1.165) is 38.5 Å². The molecule has 4 N–H and O–H groups in total. The summed E-state index contributed by atoms with van der Waals surface area (Å²) in [6, 6.07) is -1.52. The molecule has 3 atom stereocenters. The first-order valence-corrected chi connectivity index (χ1v) is 25.7. The standard InChI is InChI=1S/C47H90NO10P/c1-3-5-7-9-11-13-15-17-19-20-21-22-23-24-25-27-29-31-33-35-37-39-46(50)58-43(41-56-59(53,54)57-42-44(48)47(51)52)40-55-45(49)38-36-34-32-30-28-26-18-16-14-12-10-8-6-4-2/h20-21,43-44H,3-19,22-42,48H2,1-2H3,(H,51,52)(H,53,54)/b21-20-. The molecule has 0 aliphatic rings. The van der Waals surface area contributed by atoms with Crippen molar-refractivity contribution in [1.82, 2.24) is 0 Å². The highest BCUT2D eigenvalue weighted by Crippen LogP contribution is 2.43. The van der Waals surface area contributed by atoms with Crippen molar-refractivity contribution in [3.8, 4) is 0 Å². The highest BCUT2D eigenvalue weighted by molar-refractivity contribution is 7.47. The largest absolute Gasteiger partial charge is 0.480 e. The first-order chi connectivity index (χ1) is 28.6. The Balaban J connectivity index is 4.24. The summed E-state index contributed by atoms with van der Waals surface area (Å²) in [5.41, 5.74) is 5.34. The lowest BCUT2D eigenvalue weighted by atomic mass is 10.0. The van der Waals surface area contributed by atoms with Gasteiger partial charge < -0.3 is 25.2 Å². The van der Waals surface area contributed by atoms with Crippen molar-refractivity contribution in [2.24, 2.45) is 5.73 Å². The third-order valence-electron chi connectivity index (χ3n) is 10.8. The van der Waals surface area contributed by atoms with Crippen molar-refractivity contribution in [1.29, 1.82) is 0 Å². The molecule has 0 aromatic heterocycles. The molecule has 0 bridgehead atoms. The second-order valence-corrected chi connectivity index (χ2v) is 18.1. The van der Waals surface area contributed by atoms with Crippen LogP contribution < -0.4 is 5.73 Å². The number of esters is 2. The molecule has 348 valence electrons. The molecule has 0 aromatic carbocycles. The van der Waals surface area contributed by atoms with Crippen molar-refractivity contribution >= 4 is 25.7 Å². The molecule has 59 heavy (non-hydrogen) atoms. The van der Waals surface area contributed by atoms with E-state index in [1.54, 1.807) is 0 Å². The van der Waals surface area contributed by atoms with Crippen LogP contribution in [0.1, 0.15) is 239 Å². The minimum atomic E-state index is -4.71. The van der Waals surface area contributed by atoms with E-state index in [1.807, 2.05) is 0 Å². The van der Waals surface area contributed by atoms with Gasteiger partial charge in [-0.15, -0.1) is 0 Å². The van der Waals surface area contributed by atoms with Crippen molar-refractivity contribution in [3.63, 3.8) is 0 Å². The third kappa shape index (κ3) is 42.7. The normalized spacial score (nSPS) is 13.7. The van der Waals surface area contributed by atoms with Gasteiger partial charge in [0, 0.05) is 12.8 Å². The first kappa shape index (κ1) is 57.2. The quantitative estimate of drug-likeness (QED) is 0.0230. The van der Waals surface area contributed by atoms with E-state index < -0.39 is 51.1 Å². The van der Waals surface area contributed by atoms with Gasteiger partial charge in [-0.2, -0.15) is 0 Å². The SMILES string of the molecule is CCCCCCCCCC/C=C\CCCCCCCCCCCC(=O)OC(COC(=O)CCCCCCCCCCCCCCCC)COP(=O)(O)OCC(N)C(=O)O. The summed E-state index contributed by atoms with van der Waals surface area (Å²) in [5, 5.41) is 8.90. The number of carboxylic acids is 1. The van der Waals surface area contributed by atoms with E-state index in [9.17, 15) is 23.8 Å². The minimum Gasteiger partial charge on any atom is -0.480 e. The van der Waals surface area contributed by atoms with Gasteiger partial charge in [-0.1, -0.05) is 199 Å². The Morgan fingerprint density at radius 2 is 0.847 bits per heavy atom. The third-order valence-corrected chi connectivity index (χ3v) is 11.7. The fourth-order valence-corrected chi connectivity index (χ4v) is 7.72. The zero-order chi connectivity index (χ0) is 43.5. The highest BCUT2D eigenvalue weighted by Gasteiger charge is 2.28. The van der Waals surface area contributed by atoms with Crippen LogP contribution in [-0.4, -0.2) is 59.9 Å². The lowest BCUT2D eigenvalue weighted by Gasteiger charge is -2.20. The number of phosphoric ester groups is 1. The number of carbonyl (C=O) groups excluding carboxylic acids is 2. The fraction of sp³-hybridized carbons (Fsp3) is 0.894. The Morgan fingerprint density at radius 1 is 0.508 bits per heavy atom. The van der Waals surface area contributed by atoms with Gasteiger partial charge in [-0.25, -0.2) is 4.57 Å². The van der Waals surface area contributed by atoms with Crippen LogP contribution in [0.4, 0.5) is 0 Å². The molecule has 0 saturated carbocycles. The van der Waals surface area contributed by atoms with Crippen LogP contribution in [0.3, 0.4) is 0 Å². The van der Waals surface area contributed by atoms with Gasteiger partial charge >= 0.3 is 25.7 Å². The van der Waals surface area contributed by atoms with Crippen LogP contribution >= 0.6 is 7.82 Å². The Kier molecular flexibility index (Phi) is 41.6. The highest BCUT2D eigenvalue weighted by atomic mass is 31.2. The van der Waals surface area contributed by atoms with Crippen molar-refractivity contribution in [3.05, 3.63) is 12.2 Å². The number of allylic oxidation sites excluding steroid dienone is 2. The number of aliphatic carboxylic acids is 1. The molecular weight excluding hydrogens is 769 g/mol. The molecule has 0 aliphatic carbocycles. The molecule has 0 amide bonds. The second kappa shape index (κ2) is 42.9. The monoisotopic (exact) mass is 860 g/mol. The van der Waals surface area contributed by atoms with Crippen LogP contribution in [-0.2, 0) is 37.5 Å². The van der Waals surface area contributed by atoms with E-state index in [1.165, 1.54) is 161 Å². The number of rotatable bonds is 46. The Hall–Kier alpha value is -1.78. The van der Waals surface area contributed by atoms with E-state index in [2.05, 4.69) is 30.5 Å². The molecule has 0 aliphatic heterocycles. The molecule has 11 nitrogen and oxygen atoms in total. The van der Waals surface area contributed by atoms with Crippen LogP contribution in [0.2, 0.25) is 0 Å². The van der Waals surface area contributed by atoms with E-state index in [4.69, 9.17) is 24.8 Å². The van der Waals surface area contributed by atoms with E-state index in [-0.39, 0.29) is 19.4 Å². The molecule has 0 radical (unpaired) electrons.